The largest absolute Gasteiger partial charge is 0.256 e. The quantitative estimate of drug-likeness (QED) is 0.176. The minimum atomic E-state index is -0.124. The molecule has 2 heterocycles. The summed E-state index contributed by atoms with van der Waals surface area (Å²) < 4.78 is 0. The molecule has 0 spiro atoms. The molecular weight excluding hydrogens is 703 g/mol. The van der Waals surface area contributed by atoms with Crippen LogP contribution in [-0.2, 0) is 10.8 Å². The first-order valence-corrected chi connectivity index (χ1v) is 20.2. The second kappa shape index (κ2) is 12.8. The van der Waals surface area contributed by atoms with Crippen molar-refractivity contribution in [3.63, 3.8) is 0 Å². The highest BCUT2D eigenvalue weighted by molar-refractivity contribution is 5.98. The van der Waals surface area contributed by atoms with Crippen LogP contribution in [0.25, 0.3) is 89.3 Å². The molecule has 7 aromatic carbocycles. The van der Waals surface area contributed by atoms with Crippen LogP contribution >= 0.6 is 0 Å². The molecular formula is C55H41N3. The predicted octanol–water partition coefficient (Wildman–Crippen LogP) is 14.0. The van der Waals surface area contributed by atoms with E-state index in [1.807, 2.05) is 30.5 Å². The first-order chi connectivity index (χ1) is 28.3. The SMILES string of the molecule is CC1(C)c2ccccc2-c2ccc(-c3cc4nc(-c5ccccc5)c(-c5ccc(-c6ccccn6)cc5)nc4cc3-c3ccc4c(c3)C(C)(C)c3ccccc3-4)cc21. The molecule has 0 saturated heterocycles. The number of aromatic nitrogens is 3. The van der Waals surface area contributed by atoms with Crippen LogP contribution in [0.5, 0.6) is 0 Å². The van der Waals surface area contributed by atoms with Crippen LogP contribution in [0, 0.1) is 0 Å². The van der Waals surface area contributed by atoms with Crippen LogP contribution in [0.2, 0.25) is 0 Å². The van der Waals surface area contributed by atoms with Gasteiger partial charge < -0.3 is 0 Å². The average molecular weight is 744 g/mol. The van der Waals surface area contributed by atoms with Crippen molar-refractivity contribution in [1.29, 1.82) is 0 Å². The lowest BCUT2D eigenvalue weighted by molar-refractivity contribution is 0.660. The highest BCUT2D eigenvalue weighted by Crippen LogP contribution is 2.52. The normalized spacial score (nSPS) is 14.1. The molecule has 9 aromatic rings. The van der Waals surface area contributed by atoms with Crippen LogP contribution in [0.1, 0.15) is 49.9 Å². The monoisotopic (exact) mass is 743 g/mol. The zero-order valence-corrected chi connectivity index (χ0v) is 33.1. The molecule has 0 unspecified atom stereocenters. The zero-order chi connectivity index (χ0) is 39.2. The van der Waals surface area contributed by atoms with E-state index in [0.717, 1.165) is 55.9 Å². The first kappa shape index (κ1) is 34.3. The molecule has 0 aliphatic heterocycles. The molecule has 58 heavy (non-hydrogen) atoms. The molecule has 276 valence electrons. The van der Waals surface area contributed by atoms with Gasteiger partial charge in [-0.15, -0.1) is 0 Å². The second-order valence-electron chi connectivity index (χ2n) is 16.8. The average Bonchev–Trinajstić information content (AvgIpc) is 3.65. The van der Waals surface area contributed by atoms with Crippen molar-refractivity contribution < 1.29 is 0 Å². The molecule has 0 fully saturated rings. The smallest absolute Gasteiger partial charge is 0.0973 e. The van der Waals surface area contributed by atoms with Gasteiger partial charge in [0.05, 0.1) is 28.1 Å². The Morgan fingerprint density at radius 3 is 1.28 bits per heavy atom. The third kappa shape index (κ3) is 5.23. The van der Waals surface area contributed by atoms with Gasteiger partial charge in [0.25, 0.3) is 0 Å². The summed E-state index contributed by atoms with van der Waals surface area (Å²) in [4.78, 5) is 15.6. The Bertz CT molecular complexity index is 3090. The van der Waals surface area contributed by atoms with E-state index in [9.17, 15) is 0 Å². The van der Waals surface area contributed by atoms with E-state index in [2.05, 4.69) is 178 Å². The number of nitrogens with zero attached hydrogens (tertiary/aromatic N) is 3. The third-order valence-corrected chi connectivity index (χ3v) is 12.8. The zero-order valence-electron chi connectivity index (χ0n) is 33.1. The molecule has 0 atom stereocenters. The number of hydrogen-bond acceptors (Lipinski definition) is 3. The maximum atomic E-state index is 5.51. The molecule has 2 aromatic heterocycles. The second-order valence-corrected chi connectivity index (χ2v) is 16.8. The fourth-order valence-electron chi connectivity index (χ4n) is 9.65. The molecule has 3 nitrogen and oxygen atoms in total. The fourth-order valence-corrected chi connectivity index (χ4v) is 9.65. The minimum absolute atomic E-state index is 0.121. The standard InChI is InChI=1S/C55H41N3/c1-54(2)45-18-10-8-16-39(45)41-27-25-37(30-47(41)54)43-32-50-51(33-44(43)38-26-28-42-40-17-9-11-19-46(40)55(3,4)48(42)31-38)58-53(52(57-50)35-14-6-5-7-15-35)36-23-21-34(22-24-36)49-20-12-13-29-56-49/h5-33H,1-4H3. The summed E-state index contributed by atoms with van der Waals surface area (Å²) in [5.41, 5.74) is 22.6. The molecule has 0 radical (unpaired) electrons. The molecule has 11 rings (SSSR count). The van der Waals surface area contributed by atoms with Crippen molar-refractivity contribution in [2.45, 2.75) is 38.5 Å². The van der Waals surface area contributed by atoms with E-state index in [0.29, 0.717) is 0 Å². The summed E-state index contributed by atoms with van der Waals surface area (Å²) >= 11 is 0. The van der Waals surface area contributed by atoms with Crippen LogP contribution in [-0.4, -0.2) is 15.0 Å². The molecule has 0 bridgehead atoms. The molecule has 0 N–H and O–H groups in total. The van der Waals surface area contributed by atoms with Crippen molar-refractivity contribution >= 4 is 11.0 Å². The topological polar surface area (TPSA) is 38.7 Å². The van der Waals surface area contributed by atoms with Gasteiger partial charge in [-0.2, -0.15) is 0 Å². The van der Waals surface area contributed by atoms with Gasteiger partial charge in [0, 0.05) is 33.7 Å². The maximum Gasteiger partial charge on any atom is 0.0973 e. The number of rotatable bonds is 5. The number of hydrogen-bond donors (Lipinski definition) is 0. The summed E-state index contributed by atoms with van der Waals surface area (Å²) in [5, 5.41) is 0. The Morgan fingerprint density at radius 2 is 0.759 bits per heavy atom. The van der Waals surface area contributed by atoms with Gasteiger partial charge >= 0.3 is 0 Å². The summed E-state index contributed by atoms with van der Waals surface area (Å²) in [5.74, 6) is 0. The van der Waals surface area contributed by atoms with Gasteiger partial charge in [-0.3, -0.25) is 4.98 Å². The maximum absolute atomic E-state index is 5.51. The van der Waals surface area contributed by atoms with Gasteiger partial charge in [-0.05, 0) is 103 Å². The Morgan fingerprint density at radius 1 is 0.328 bits per heavy atom. The van der Waals surface area contributed by atoms with Gasteiger partial charge in [0.15, 0.2) is 0 Å². The minimum Gasteiger partial charge on any atom is -0.256 e. The third-order valence-electron chi connectivity index (χ3n) is 12.8. The van der Waals surface area contributed by atoms with E-state index >= 15 is 0 Å². The van der Waals surface area contributed by atoms with E-state index in [1.165, 1.54) is 55.6 Å². The Hall–Kier alpha value is -6.97. The molecule has 2 aliphatic rings. The predicted molar refractivity (Wildman–Crippen MR) is 240 cm³/mol. The van der Waals surface area contributed by atoms with Crippen LogP contribution in [0.15, 0.2) is 176 Å². The van der Waals surface area contributed by atoms with E-state index in [-0.39, 0.29) is 10.8 Å². The van der Waals surface area contributed by atoms with Crippen molar-refractivity contribution in [2.24, 2.45) is 0 Å². The fraction of sp³-hybridized carbons (Fsp3) is 0.109. The summed E-state index contributed by atoms with van der Waals surface area (Å²) in [6, 6.07) is 61.4. The lowest BCUT2D eigenvalue weighted by Gasteiger charge is -2.23. The number of fused-ring (bicyclic) bond motifs is 7. The van der Waals surface area contributed by atoms with Crippen molar-refractivity contribution in [3.05, 3.63) is 198 Å². The highest BCUT2D eigenvalue weighted by Gasteiger charge is 2.37. The first-order valence-electron chi connectivity index (χ1n) is 20.2. The van der Waals surface area contributed by atoms with Crippen LogP contribution < -0.4 is 0 Å². The van der Waals surface area contributed by atoms with Crippen LogP contribution in [0.3, 0.4) is 0 Å². The van der Waals surface area contributed by atoms with Crippen LogP contribution in [0.4, 0.5) is 0 Å². The Balaban J connectivity index is 1.14. The number of benzene rings is 7. The van der Waals surface area contributed by atoms with Gasteiger partial charge in [0.1, 0.15) is 0 Å². The molecule has 3 heteroatoms. The summed E-state index contributed by atoms with van der Waals surface area (Å²) in [6.45, 7) is 9.41. The van der Waals surface area contributed by atoms with Crippen molar-refractivity contribution in [2.75, 3.05) is 0 Å². The highest BCUT2D eigenvalue weighted by atomic mass is 14.8. The van der Waals surface area contributed by atoms with E-state index < -0.39 is 0 Å². The Kier molecular flexibility index (Phi) is 7.55. The van der Waals surface area contributed by atoms with E-state index in [1.54, 1.807) is 0 Å². The molecule has 0 amide bonds. The van der Waals surface area contributed by atoms with Gasteiger partial charge in [0.2, 0.25) is 0 Å². The van der Waals surface area contributed by atoms with Gasteiger partial charge in [-0.1, -0.05) is 161 Å². The molecule has 2 aliphatic carbocycles. The number of pyridine rings is 1. The lowest BCUT2D eigenvalue weighted by Crippen LogP contribution is -2.15. The lowest BCUT2D eigenvalue weighted by atomic mass is 9.80. The van der Waals surface area contributed by atoms with Gasteiger partial charge in [-0.25, -0.2) is 9.97 Å². The Labute approximate surface area is 339 Å². The summed E-state index contributed by atoms with van der Waals surface area (Å²) in [7, 11) is 0. The van der Waals surface area contributed by atoms with Crippen molar-refractivity contribution in [3.8, 4) is 78.3 Å². The summed E-state index contributed by atoms with van der Waals surface area (Å²) in [6.07, 6.45) is 1.83. The molecule has 0 saturated carbocycles. The van der Waals surface area contributed by atoms with E-state index in [4.69, 9.17) is 9.97 Å². The van der Waals surface area contributed by atoms with Crippen molar-refractivity contribution in [1.82, 2.24) is 15.0 Å².